The van der Waals surface area contributed by atoms with Crippen LogP contribution in [0.2, 0.25) is 5.02 Å². The van der Waals surface area contributed by atoms with E-state index in [1.54, 1.807) is 31.2 Å². The van der Waals surface area contributed by atoms with E-state index in [0.717, 1.165) is 17.8 Å². The monoisotopic (exact) mass is 353 g/mol. The third kappa shape index (κ3) is 4.91. The number of nitrogens with one attached hydrogen (secondary N) is 1. The van der Waals surface area contributed by atoms with Crippen molar-refractivity contribution in [3.05, 3.63) is 34.3 Å². The second-order valence-electron chi connectivity index (χ2n) is 5.17. The van der Waals surface area contributed by atoms with Crippen LogP contribution in [0.1, 0.15) is 44.5 Å². The number of hydrogen-bond acceptors (Lipinski definition) is 5. The van der Waals surface area contributed by atoms with Crippen molar-refractivity contribution in [2.45, 2.75) is 45.6 Å². The minimum absolute atomic E-state index is 0.266. The molecule has 5 nitrogen and oxygen atoms in total. The maximum atomic E-state index is 12.2. The number of halogens is 1. The van der Waals surface area contributed by atoms with Gasteiger partial charge in [0.15, 0.2) is 6.10 Å². The van der Waals surface area contributed by atoms with Crippen molar-refractivity contribution in [2.75, 3.05) is 5.32 Å². The van der Waals surface area contributed by atoms with Gasteiger partial charge in [-0.05, 0) is 38.0 Å². The molecule has 1 aromatic heterocycles. The van der Waals surface area contributed by atoms with Crippen molar-refractivity contribution in [3.8, 4) is 5.75 Å². The van der Waals surface area contributed by atoms with Gasteiger partial charge >= 0.3 is 0 Å². The number of hydrogen-bond donors (Lipinski definition) is 1. The average molecular weight is 354 g/mol. The van der Waals surface area contributed by atoms with Crippen molar-refractivity contribution in [1.29, 1.82) is 0 Å². The van der Waals surface area contributed by atoms with Crippen LogP contribution in [0.3, 0.4) is 0 Å². The average Bonchev–Trinajstić information content (AvgIpc) is 2.97. The lowest BCUT2D eigenvalue weighted by atomic mass is 10.1. The van der Waals surface area contributed by atoms with E-state index in [9.17, 15) is 4.79 Å². The van der Waals surface area contributed by atoms with Crippen LogP contribution in [0.5, 0.6) is 5.75 Å². The highest BCUT2D eigenvalue weighted by Crippen LogP contribution is 2.28. The van der Waals surface area contributed by atoms with Gasteiger partial charge in [-0.3, -0.25) is 10.1 Å². The van der Waals surface area contributed by atoms with Crippen molar-refractivity contribution >= 4 is 34.0 Å². The van der Waals surface area contributed by atoms with Gasteiger partial charge in [0.2, 0.25) is 5.13 Å². The molecular weight excluding hydrogens is 334 g/mol. The van der Waals surface area contributed by atoms with Gasteiger partial charge in [-0.15, -0.1) is 10.2 Å². The second kappa shape index (κ2) is 8.26. The molecule has 2 aromatic rings. The summed E-state index contributed by atoms with van der Waals surface area (Å²) in [7, 11) is 0. The maximum absolute atomic E-state index is 12.2. The van der Waals surface area contributed by atoms with Crippen LogP contribution in [0.4, 0.5) is 5.13 Å². The van der Waals surface area contributed by atoms with Crippen LogP contribution in [-0.4, -0.2) is 22.2 Å². The Labute approximate surface area is 145 Å². The number of benzene rings is 1. The summed E-state index contributed by atoms with van der Waals surface area (Å²) in [5, 5.41) is 13.0. The van der Waals surface area contributed by atoms with Crippen LogP contribution < -0.4 is 10.1 Å². The fourth-order valence-corrected chi connectivity index (χ4v) is 3.29. The number of carbonyl (C=O) groups is 1. The van der Waals surface area contributed by atoms with E-state index in [4.69, 9.17) is 16.3 Å². The number of anilines is 1. The van der Waals surface area contributed by atoms with E-state index in [0.29, 0.717) is 21.8 Å². The Kier molecular flexibility index (Phi) is 6.36. The SMILES string of the molecule is CCC(CC)c1nnc(NC(=O)C(C)Oc2cccc(Cl)c2)s1. The van der Waals surface area contributed by atoms with Gasteiger partial charge in [0, 0.05) is 10.9 Å². The summed E-state index contributed by atoms with van der Waals surface area (Å²) < 4.78 is 5.59. The molecule has 0 aliphatic rings. The summed E-state index contributed by atoms with van der Waals surface area (Å²) in [5.74, 6) is 0.672. The van der Waals surface area contributed by atoms with Gasteiger partial charge in [-0.25, -0.2) is 0 Å². The van der Waals surface area contributed by atoms with Crippen molar-refractivity contribution in [1.82, 2.24) is 10.2 Å². The molecule has 1 N–H and O–H groups in total. The minimum atomic E-state index is -0.658. The van der Waals surface area contributed by atoms with Gasteiger partial charge in [0.1, 0.15) is 10.8 Å². The maximum Gasteiger partial charge on any atom is 0.266 e. The molecular formula is C16H20ClN3O2S. The highest BCUT2D eigenvalue weighted by atomic mass is 35.5. The zero-order chi connectivity index (χ0) is 16.8. The first-order valence-corrected chi connectivity index (χ1v) is 8.79. The molecule has 0 saturated heterocycles. The molecule has 1 unspecified atom stereocenters. The number of amides is 1. The summed E-state index contributed by atoms with van der Waals surface area (Å²) in [6, 6.07) is 6.95. The summed E-state index contributed by atoms with van der Waals surface area (Å²) in [4.78, 5) is 12.2. The fourth-order valence-electron chi connectivity index (χ4n) is 2.09. The Hall–Kier alpha value is -1.66. The summed E-state index contributed by atoms with van der Waals surface area (Å²) >= 11 is 7.31. The lowest BCUT2D eigenvalue weighted by Gasteiger charge is -2.13. The quantitative estimate of drug-likeness (QED) is 0.795. The minimum Gasteiger partial charge on any atom is -0.481 e. The lowest BCUT2D eigenvalue weighted by molar-refractivity contribution is -0.122. The predicted octanol–water partition coefficient (Wildman–Crippen LogP) is 4.50. The Bertz CT molecular complexity index is 658. The molecule has 124 valence electrons. The molecule has 23 heavy (non-hydrogen) atoms. The zero-order valence-electron chi connectivity index (χ0n) is 13.4. The van der Waals surface area contributed by atoms with Crippen LogP contribution in [0, 0.1) is 0 Å². The van der Waals surface area contributed by atoms with Crippen LogP contribution in [0.15, 0.2) is 24.3 Å². The normalized spacial score (nSPS) is 12.2. The molecule has 2 rings (SSSR count). The first-order chi connectivity index (χ1) is 11.0. The number of carbonyl (C=O) groups excluding carboxylic acids is 1. The van der Waals surface area contributed by atoms with Crippen LogP contribution >= 0.6 is 22.9 Å². The molecule has 0 radical (unpaired) electrons. The molecule has 0 aliphatic heterocycles. The van der Waals surface area contributed by atoms with Crippen LogP contribution in [0.25, 0.3) is 0 Å². The van der Waals surface area contributed by atoms with E-state index < -0.39 is 6.10 Å². The van der Waals surface area contributed by atoms with Gasteiger partial charge in [-0.2, -0.15) is 0 Å². The molecule has 1 aromatic carbocycles. The number of nitrogens with zero attached hydrogens (tertiary/aromatic N) is 2. The predicted molar refractivity (Wildman–Crippen MR) is 93.4 cm³/mol. The Morgan fingerprint density at radius 2 is 2.09 bits per heavy atom. The standard InChI is InChI=1S/C16H20ClN3O2S/c1-4-11(5-2)15-19-20-16(23-15)18-14(21)10(3)22-13-8-6-7-12(17)9-13/h6-11H,4-5H2,1-3H3,(H,18,20,21). The molecule has 0 aliphatic carbocycles. The highest BCUT2D eigenvalue weighted by molar-refractivity contribution is 7.15. The van der Waals surface area contributed by atoms with Gasteiger partial charge < -0.3 is 4.74 Å². The number of ether oxygens (including phenoxy) is 1. The van der Waals surface area contributed by atoms with Gasteiger partial charge in [0.05, 0.1) is 0 Å². The van der Waals surface area contributed by atoms with E-state index in [-0.39, 0.29) is 5.91 Å². The van der Waals surface area contributed by atoms with Crippen molar-refractivity contribution in [2.24, 2.45) is 0 Å². The van der Waals surface area contributed by atoms with E-state index >= 15 is 0 Å². The molecule has 1 heterocycles. The summed E-state index contributed by atoms with van der Waals surface area (Å²) in [6.45, 7) is 5.92. The lowest BCUT2D eigenvalue weighted by Crippen LogP contribution is -2.30. The molecule has 1 amide bonds. The van der Waals surface area contributed by atoms with E-state index in [2.05, 4.69) is 29.4 Å². The van der Waals surface area contributed by atoms with Gasteiger partial charge in [0.25, 0.3) is 5.91 Å². The Morgan fingerprint density at radius 3 is 2.74 bits per heavy atom. The molecule has 0 bridgehead atoms. The first-order valence-electron chi connectivity index (χ1n) is 7.60. The second-order valence-corrected chi connectivity index (χ2v) is 6.61. The van der Waals surface area contributed by atoms with E-state index in [1.807, 2.05) is 0 Å². The first kappa shape index (κ1) is 17.7. The van der Waals surface area contributed by atoms with Gasteiger partial charge in [-0.1, -0.05) is 42.9 Å². The number of aromatic nitrogens is 2. The highest BCUT2D eigenvalue weighted by Gasteiger charge is 2.19. The largest absolute Gasteiger partial charge is 0.481 e. The Balaban J connectivity index is 1.96. The van der Waals surface area contributed by atoms with Crippen molar-refractivity contribution in [3.63, 3.8) is 0 Å². The summed E-state index contributed by atoms with van der Waals surface area (Å²) in [6.07, 6.45) is 1.36. The van der Waals surface area contributed by atoms with Crippen LogP contribution in [-0.2, 0) is 4.79 Å². The molecule has 1 atom stereocenters. The Morgan fingerprint density at radius 1 is 1.35 bits per heavy atom. The molecule has 7 heteroatoms. The zero-order valence-corrected chi connectivity index (χ0v) is 14.9. The van der Waals surface area contributed by atoms with Crippen molar-refractivity contribution < 1.29 is 9.53 Å². The van der Waals surface area contributed by atoms with E-state index in [1.165, 1.54) is 11.3 Å². The molecule has 0 spiro atoms. The smallest absolute Gasteiger partial charge is 0.266 e. The molecule has 0 saturated carbocycles. The fraction of sp³-hybridized carbons (Fsp3) is 0.438. The molecule has 0 fully saturated rings. The third-order valence-corrected chi connectivity index (χ3v) is 4.72. The summed E-state index contributed by atoms with van der Waals surface area (Å²) in [5.41, 5.74) is 0. The topological polar surface area (TPSA) is 64.1 Å². The third-order valence-electron chi connectivity index (χ3n) is 3.48. The number of rotatable bonds is 7.